The lowest BCUT2D eigenvalue weighted by atomic mass is 9.82. The Bertz CT molecular complexity index is 8180. The molecule has 0 atom stereocenters. The molecule has 0 spiro atoms. The maximum Gasteiger partial charge on any atom is 0.198 e. The fourth-order valence-electron chi connectivity index (χ4n) is 19.8. The van der Waals surface area contributed by atoms with Crippen LogP contribution in [0.2, 0.25) is 0 Å². The van der Waals surface area contributed by atoms with Crippen LogP contribution < -0.4 is 0 Å². The van der Waals surface area contributed by atoms with Gasteiger partial charge in [-0.3, -0.25) is 0 Å². The van der Waals surface area contributed by atoms with Gasteiger partial charge in [0.2, 0.25) is 0 Å². The SMILES string of the molecule is Fc1c(F)c(F)c2c3cc(-c4ccc(-c5ccccc5)c5ccccc45)c4ccccc4c3c3c4ccccc4c(-c4ccc(-c5ccccc5)c5ccccc45)cc3c2c1F.Fc1c(F)c(F)c2c3cc(-c4ccc5cc(-c6ccccc6)ccc5c4)c4ccccc4c3c3c4ccccc4c(-c4ccc5cc(-c6ccccc6)ccc5c4)cc3c2c1F. The van der Waals surface area contributed by atoms with Gasteiger partial charge in [-0.2, -0.15) is 0 Å². The Hall–Kier alpha value is -15.6. The molecule has 0 unspecified atom stereocenters. The van der Waals surface area contributed by atoms with Gasteiger partial charge in [-0.25, -0.2) is 35.1 Å². The molecule has 0 fully saturated rings. The highest BCUT2D eigenvalue weighted by Gasteiger charge is 2.31. The molecule has 24 aromatic carbocycles. The first kappa shape index (κ1) is 73.5. The Kier molecular flexibility index (Phi) is 17.2. The molecule has 0 heterocycles. The van der Waals surface area contributed by atoms with Gasteiger partial charge in [-0.15, -0.1) is 0 Å². The monoisotopic (exact) mass is 1610 g/mol. The zero-order valence-corrected chi connectivity index (χ0v) is 66.0. The highest BCUT2D eigenvalue weighted by molar-refractivity contribution is 6.41. The predicted molar refractivity (Wildman–Crippen MR) is 501 cm³/mol. The molecule has 0 bridgehead atoms. The molecule has 0 nitrogen and oxygen atoms in total. The van der Waals surface area contributed by atoms with E-state index < -0.39 is 46.5 Å². The number of hydrogen-bond acceptors (Lipinski definition) is 0. The fraction of sp³-hybridized carbons (Fsp3) is 0. The molecule has 0 aromatic heterocycles. The minimum absolute atomic E-state index is 0.294. The van der Waals surface area contributed by atoms with Gasteiger partial charge in [-0.05, 0) is 267 Å². The summed E-state index contributed by atoms with van der Waals surface area (Å²) in [5.74, 6) is -13.1. The lowest BCUT2D eigenvalue weighted by Gasteiger charge is -2.21. The average molecular weight is 1610 g/mol. The summed E-state index contributed by atoms with van der Waals surface area (Å²) in [5, 5.41) is 17.3. The van der Waals surface area contributed by atoms with Crippen LogP contribution in [0.4, 0.5) is 35.1 Å². The maximum atomic E-state index is 16.9. The maximum absolute atomic E-state index is 16.9. The first-order valence-corrected chi connectivity index (χ1v) is 41.2. The molecule has 0 saturated carbocycles. The van der Waals surface area contributed by atoms with Crippen LogP contribution in [-0.4, -0.2) is 0 Å². The van der Waals surface area contributed by atoms with Crippen molar-refractivity contribution < 1.29 is 35.1 Å². The molecule has 0 amide bonds. The van der Waals surface area contributed by atoms with Gasteiger partial charge in [-0.1, -0.05) is 340 Å². The fourth-order valence-corrected chi connectivity index (χ4v) is 19.8. The van der Waals surface area contributed by atoms with Gasteiger partial charge in [0.25, 0.3) is 0 Å². The van der Waals surface area contributed by atoms with Crippen LogP contribution in [0.1, 0.15) is 0 Å². The minimum atomic E-state index is -1.84. The Morgan fingerprint density at radius 3 is 0.589 bits per heavy atom. The molecule has 0 radical (unpaired) electrons. The summed E-state index contributed by atoms with van der Waals surface area (Å²) in [6.45, 7) is 0. The molecular formula is C116H64F8. The zero-order chi connectivity index (χ0) is 83.3. The number of halogens is 8. The van der Waals surface area contributed by atoms with Crippen LogP contribution in [0.15, 0.2) is 388 Å². The van der Waals surface area contributed by atoms with Crippen LogP contribution in [-0.2, 0) is 0 Å². The summed E-state index contributed by atoms with van der Waals surface area (Å²) in [6.07, 6.45) is 0. The van der Waals surface area contributed by atoms with Crippen molar-refractivity contribution in [2.75, 3.05) is 0 Å². The van der Waals surface area contributed by atoms with Gasteiger partial charge in [0.1, 0.15) is 0 Å². The van der Waals surface area contributed by atoms with Crippen molar-refractivity contribution in [1.82, 2.24) is 0 Å². The number of rotatable bonds is 8. The molecule has 584 valence electrons. The van der Waals surface area contributed by atoms with E-state index in [-0.39, 0.29) is 21.5 Å². The van der Waals surface area contributed by atoms with E-state index in [0.717, 1.165) is 175 Å². The topological polar surface area (TPSA) is 0 Å². The van der Waals surface area contributed by atoms with Crippen molar-refractivity contribution in [3.8, 4) is 89.0 Å². The number of hydrogen-bond donors (Lipinski definition) is 0. The van der Waals surface area contributed by atoms with E-state index in [0.29, 0.717) is 43.1 Å². The summed E-state index contributed by atoms with van der Waals surface area (Å²) in [4.78, 5) is 0. The summed E-state index contributed by atoms with van der Waals surface area (Å²) in [6, 6.07) is 129. The van der Waals surface area contributed by atoms with Crippen LogP contribution in [0, 0.1) is 46.5 Å². The Morgan fingerprint density at radius 2 is 0.306 bits per heavy atom. The van der Waals surface area contributed by atoms with Crippen LogP contribution >= 0.6 is 0 Å². The summed E-state index contributed by atoms with van der Waals surface area (Å²) in [7, 11) is 0. The Labute approximate surface area is 705 Å². The quantitative estimate of drug-likeness (QED) is 0.0616. The molecule has 24 aromatic rings. The van der Waals surface area contributed by atoms with E-state index in [2.05, 4.69) is 158 Å². The summed E-state index contributed by atoms with van der Waals surface area (Å²) >= 11 is 0. The largest absolute Gasteiger partial charge is 0.203 e. The van der Waals surface area contributed by atoms with Crippen molar-refractivity contribution in [1.29, 1.82) is 0 Å². The number of fused-ring (bicyclic) bond motifs is 24. The molecular weight excluding hydrogens is 1550 g/mol. The Balaban J connectivity index is 0.000000143. The van der Waals surface area contributed by atoms with Gasteiger partial charge in [0.05, 0.1) is 0 Å². The lowest BCUT2D eigenvalue weighted by molar-refractivity contribution is 0.418. The summed E-state index contributed by atoms with van der Waals surface area (Å²) in [5.41, 5.74) is 15.2. The predicted octanol–water partition coefficient (Wildman–Crippen LogP) is 34.0. The molecule has 124 heavy (non-hydrogen) atoms. The lowest BCUT2D eigenvalue weighted by Crippen LogP contribution is -2.01. The highest BCUT2D eigenvalue weighted by Crippen LogP contribution is 2.54. The molecule has 0 aliphatic carbocycles. The van der Waals surface area contributed by atoms with Gasteiger partial charge >= 0.3 is 0 Å². The molecule has 0 aliphatic rings. The molecule has 0 aliphatic heterocycles. The van der Waals surface area contributed by atoms with E-state index in [1.54, 1.807) is 0 Å². The van der Waals surface area contributed by atoms with E-state index in [9.17, 15) is 0 Å². The van der Waals surface area contributed by atoms with E-state index >= 15 is 35.1 Å². The highest BCUT2D eigenvalue weighted by atomic mass is 19.2. The third kappa shape index (κ3) is 11.5. The second-order valence-electron chi connectivity index (χ2n) is 32.0. The van der Waals surface area contributed by atoms with E-state index in [1.807, 2.05) is 231 Å². The second kappa shape index (κ2) is 29.1. The standard InChI is InChI=1S/2C58H32F4/c59-55-53-49-31-47(43-29-27-35(33-15-3-1-4-16-33)37-19-7-9-21-39(37)43)41-23-11-13-25-45(41)51(49)52-46-26-14-12-24-42(46)48(32-50(52)54(53)56(60)58(62)57(55)61)44-30-28-36(34-17-5-2-6-18-34)38-20-8-10-22-40(38)44;59-55-53-49-31-47(41-25-23-37-27-35(19-21-39(37)29-41)33-11-3-1-4-12-33)43-15-7-9-17-45(43)51(49)52-46-18-10-8-16-44(46)48(32-50(52)54(53)56(60)58(62)57(55)61)42-26-24-38-28-36(20-22-40(38)30-42)34-13-5-2-6-14-34/h2*1-32H. The third-order valence-corrected chi connectivity index (χ3v) is 25.4. The van der Waals surface area contributed by atoms with E-state index in [1.165, 1.54) is 0 Å². The first-order chi connectivity index (χ1) is 60.9. The Morgan fingerprint density at radius 1 is 0.105 bits per heavy atom. The first-order valence-electron chi connectivity index (χ1n) is 41.2. The van der Waals surface area contributed by atoms with Crippen LogP contribution in [0.25, 0.3) is 240 Å². The van der Waals surface area contributed by atoms with Gasteiger partial charge in [0, 0.05) is 21.5 Å². The van der Waals surface area contributed by atoms with Crippen molar-refractivity contribution in [2.45, 2.75) is 0 Å². The summed E-state index contributed by atoms with van der Waals surface area (Å²) < 4.78 is 130. The van der Waals surface area contributed by atoms with E-state index in [4.69, 9.17) is 0 Å². The molecule has 0 saturated heterocycles. The smallest absolute Gasteiger partial charge is 0.198 e. The van der Waals surface area contributed by atoms with Crippen LogP contribution in [0.3, 0.4) is 0 Å². The average Bonchev–Trinajstić information content (AvgIpc) is 0.697. The van der Waals surface area contributed by atoms with Gasteiger partial charge < -0.3 is 0 Å². The van der Waals surface area contributed by atoms with Gasteiger partial charge in [0.15, 0.2) is 46.5 Å². The molecule has 8 heteroatoms. The van der Waals surface area contributed by atoms with Crippen molar-refractivity contribution >= 4 is 151 Å². The number of benzene rings is 24. The third-order valence-electron chi connectivity index (χ3n) is 25.4. The molecule has 0 N–H and O–H groups in total. The second-order valence-corrected chi connectivity index (χ2v) is 32.0. The minimum Gasteiger partial charge on any atom is -0.203 e. The van der Waals surface area contributed by atoms with Crippen LogP contribution in [0.5, 0.6) is 0 Å². The molecule has 24 rings (SSSR count). The zero-order valence-electron chi connectivity index (χ0n) is 66.0. The van der Waals surface area contributed by atoms with Crippen molar-refractivity contribution in [3.63, 3.8) is 0 Å². The van der Waals surface area contributed by atoms with Crippen molar-refractivity contribution in [3.05, 3.63) is 435 Å². The van der Waals surface area contributed by atoms with Crippen molar-refractivity contribution in [2.24, 2.45) is 0 Å². The normalized spacial score (nSPS) is 11.9.